The molecule has 2 unspecified atom stereocenters. The summed E-state index contributed by atoms with van der Waals surface area (Å²) in [5.41, 5.74) is 7.95. The highest BCUT2D eigenvalue weighted by Gasteiger charge is 2.21. The van der Waals surface area contributed by atoms with Crippen molar-refractivity contribution in [2.45, 2.75) is 39.7 Å². The summed E-state index contributed by atoms with van der Waals surface area (Å²) in [6, 6.07) is 7.97. The Balaban J connectivity index is 0.00000324. The zero-order chi connectivity index (χ0) is 13.9. The molecule has 1 rings (SSSR count). The van der Waals surface area contributed by atoms with Crippen LogP contribution in [-0.2, 0) is 4.79 Å². The number of hydrogen-bond donors (Lipinski definition) is 1. The zero-order valence-corrected chi connectivity index (χ0v) is 13.2. The van der Waals surface area contributed by atoms with E-state index in [4.69, 9.17) is 5.73 Å². The third kappa shape index (κ3) is 4.51. The smallest absolute Gasteiger partial charge is 0.231 e. The molecule has 1 amide bonds. The first-order valence-electron chi connectivity index (χ1n) is 6.47. The van der Waals surface area contributed by atoms with Gasteiger partial charge in [0.2, 0.25) is 5.91 Å². The van der Waals surface area contributed by atoms with Gasteiger partial charge in [-0.05, 0) is 30.5 Å². The summed E-state index contributed by atoms with van der Waals surface area (Å²) >= 11 is 0. The highest BCUT2D eigenvalue weighted by Crippen LogP contribution is 2.22. The quantitative estimate of drug-likeness (QED) is 0.923. The van der Waals surface area contributed by atoms with Crippen LogP contribution in [-0.4, -0.2) is 19.0 Å². The lowest BCUT2D eigenvalue weighted by molar-refractivity contribution is -0.122. The van der Waals surface area contributed by atoms with Crippen molar-refractivity contribution in [3.05, 3.63) is 29.8 Å². The lowest BCUT2D eigenvalue weighted by Crippen LogP contribution is -2.39. The van der Waals surface area contributed by atoms with E-state index in [1.165, 1.54) is 5.56 Å². The maximum Gasteiger partial charge on any atom is 0.231 e. The van der Waals surface area contributed by atoms with E-state index in [0.29, 0.717) is 5.92 Å². The van der Waals surface area contributed by atoms with Gasteiger partial charge in [-0.3, -0.25) is 4.79 Å². The van der Waals surface area contributed by atoms with E-state index < -0.39 is 0 Å². The van der Waals surface area contributed by atoms with Crippen molar-refractivity contribution in [3.63, 3.8) is 0 Å². The highest BCUT2D eigenvalue weighted by molar-refractivity contribution is 5.94. The second-order valence-corrected chi connectivity index (χ2v) is 5.29. The molecule has 0 aromatic heterocycles. The Labute approximate surface area is 122 Å². The van der Waals surface area contributed by atoms with Crippen LogP contribution in [0.3, 0.4) is 0 Å². The number of nitrogens with two attached hydrogens (primary N) is 1. The number of benzene rings is 1. The van der Waals surface area contributed by atoms with Gasteiger partial charge in [0.05, 0.1) is 5.92 Å². The van der Waals surface area contributed by atoms with Gasteiger partial charge in [0.1, 0.15) is 0 Å². The number of halogens is 1. The normalized spacial score (nSPS) is 13.6. The van der Waals surface area contributed by atoms with Crippen LogP contribution in [0.25, 0.3) is 0 Å². The minimum atomic E-state index is -0.169. The molecule has 0 heterocycles. The Morgan fingerprint density at radius 3 is 2.26 bits per heavy atom. The van der Waals surface area contributed by atoms with E-state index in [0.717, 1.165) is 5.69 Å². The fourth-order valence-corrected chi connectivity index (χ4v) is 1.75. The summed E-state index contributed by atoms with van der Waals surface area (Å²) in [4.78, 5) is 13.9. The van der Waals surface area contributed by atoms with Crippen molar-refractivity contribution in [3.8, 4) is 0 Å². The molecule has 2 atom stereocenters. The molecule has 1 aromatic rings. The Hall–Kier alpha value is -1.06. The number of carbonyl (C=O) groups is 1. The van der Waals surface area contributed by atoms with Gasteiger partial charge in [-0.1, -0.05) is 32.9 Å². The zero-order valence-electron chi connectivity index (χ0n) is 12.4. The van der Waals surface area contributed by atoms with Crippen molar-refractivity contribution in [2.75, 3.05) is 11.9 Å². The largest absolute Gasteiger partial charge is 0.327 e. The maximum atomic E-state index is 12.2. The van der Waals surface area contributed by atoms with Crippen LogP contribution in [0.15, 0.2) is 24.3 Å². The van der Waals surface area contributed by atoms with Crippen molar-refractivity contribution in [1.29, 1.82) is 0 Å². The standard InChI is InChI=1S/C15H24N2O.ClH/c1-10(2)13-7-6-8-14(9-13)17(5)15(18)11(3)12(4)16;/h6-12H,16H2,1-5H3;1H. The minimum absolute atomic E-state index is 0. The summed E-state index contributed by atoms with van der Waals surface area (Å²) in [7, 11) is 1.81. The minimum Gasteiger partial charge on any atom is -0.327 e. The van der Waals surface area contributed by atoms with Gasteiger partial charge in [0.25, 0.3) is 0 Å². The van der Waals surface area contributed by atoms with Crippen molar-refractivity contribution >= 4 is 24.0 Å². The second kappa shape index (κ2) is 7.51. The third-order valence-electron chi connectivity index (χ3n) is 3.43. The fourth-order valence-electron chi connectivity index (χ4n) is 1.75. The molecule has 0 saturated carbocycles. The topological polar surface area (TPSA) is 46.3 Å². The predicted octanol–water partition coefficient (Wildman–Crippen LogP) is 3.18. The molecule has 3 nitrogen and oxygen atoms in total. The van der Waals surface area contributed by atoms with Crippen LogP contribution in [0.1, 0.15) is 39.2 Å². The summed E-state index contributed by atoms with van der Waals surface area (Å²) in [5.74, 6) is 0.350. The molecule has 0 fully saturated rings. The molecule has 2 N–H and O–H groups in total. The van der Waals surface area contributed by atoms with Gasteiger partial charge in [-0.2, -0.15) is 0 Å². The van der Waals surface area contributed by atoms with E-state index >= 15 is 0 Å². The molecular weight excluding hydrogens is 260 g/mol. The third-order valence-corrected chi connectivity index (χ3v) is 3.43. The van der Waals surface area contributed by atoms with E-state index in [2.05, 4.69) is 26.0 Å². The summed E-state index contributed by atoms with van der Waals surface area (Å²) in [5, 5.41) is 0. The first-order valence-corrected chi connectivity index (χ1v) is 6.47. The molecule has 0 aliphatic rings. The SMILES string of the molecule is CC(C)c1cccc(N(C)C(=O)C(C)C(C)N)c1.Cl. The first kappa shape index (κ1) is 17.9. The molecule has 4 heteroatoms. The van der Waals surface area contributed by atoms with Gasteiger partial charge < -0.3 is 10.6 Å². The number of nitrogens with zero attached hydrogens (tertiary/aromatic N) is 1. The van der Waals surface area contributed by atoms with Crippen LogP contribution in [0.5, 0.6) is 0 Å². The molecule has 108 valence electrons. The van der Waals surface area contributed by atoms with Crippen molar-refractivity contribution in [2.24, 2.45) is 11.7 Å². The predicted molar refractivity (Wildman–Crippen MR) is 84.0 cm³/mol. The van der Waals surface area contributed by atoms with E-state index in [1.807, 2.05) is 26.0 Å². The first-order chi connectivity index (χ1) is 8.34. The van der Waals surface area contributed by atoms with Gasteiger partial charge in [0.15, 0.2) is 0 Å². The molecule has 19 heavy (non-hydrogen) atoms. The van der Waals surface area contributed by atoms with Gasteiger partial charge in [0, 0.05) is 18.8 Å². The number of rotatable bonds is 4. The Kier molecular flexibility index (Phi) is 7.09. The van der Waals surface area contributed by atoms with Crippen molar-refractivity contribution < 1.29 is 4.79 Å². The number of carbonyl (C=O) groups excluding carboxylic acids is 1. The summed E-state index contributed by atoms with van der Waals surface area (Å²) in [6.45, 7) is 8.02. The highest BCUT2D eigenvalue weighted by atomic mass is 35.5. The van der Waals surface area contributed by atoms with Gasteiger partial charge >= 0.3 is 0 Å². The van der Waals surface area contributed by atoms with E-state index in [-0.39, 0.29) is 30.3 Å². The molecular formula is C15H25ClN2O. The fraction of sp³-hybridized carbons (Fsp3) is 0.533. The molecule has 0 saturated heterocycles. The van der Waals surface area contributed by atoms with Crippen LogP contribution in [0, 0.1) is 5.92 Å². The number of amides is 1. The van der Waals surface area contributed by atoms with Crippen LogP contribution < -0.4 is 10.6 Å². The van der Waals surface area contributed by atoms with E-state index in [1.54, 1.807) is 11.9 Å². The molecule has 0 aliphatic carbocycles. The average molecular weight is 285 g/mol. The van der Waals surface area contributed by atoms with Crippen LogP contribution >= 0.6 is 12.4 Å². The monoisotopic (exact) mass is 284 g/mol. The lowest BCUT2D eigenvalue weighted by atomic mass is 10.0. The van der Waals surface area contributed by atoms with Crippen LogP contribution in [0.2, 0.25) is 0 Å². The van der Waals surface area contributed by atoms with E-state index in [9.17, 15) is 4.79 Å². The summed E-state index contributed by atoms with van der Waals surface area (Å²) in [6.07, 6.45) is 0. The molecule has 0 radical (unpaired) electrons. The lowest BCUT2D eigenvalue weighted by Gasteiger charge is -2.24. The van der Waals surface area contributed by atoms with Crippen LogP contribution in [0.4, 0.5) is 5.69 Å². The second-order valence-electron chi connectivity index (χ2n) is 5.29. The Bertz CT molecular complexity index is 418. The number of hydrogen-bond acceptors (Lipinski definition) is 2. The molecule has 1 aromatic carbocycles. The van der Waals surface area contributed by atoms with Crippen molar-refractivity contribution in [1.82, 2.24) is 0 Å². The molecule has 0 spiro atoms. The van der Waals surface area contributed by atoms with Gasteiger partial charge in [-0.15, -0.1) is 12.4 Å². The maximum absolute atomic E-state index is 12.2. The Morgan fingerprint density at radius 1 is 1.21 bits per heavy atom. The molecule has 0 aliphatic heterocycles. The molecule has 0 bridgehead atoms. The number of anilines is 1. The Morgan fingerprint density at radius 2 is 1.79 bits per heavy atom. The average Bonchev–Trinajstić information content (AvgIpc) is 2.36. The van der Waals surface area contributed by atoms with Gasteiger partial charge in [-0.25, -0.2) is 0 Å². The summed E-state index contributed by atoms with van der Waals surface area (Å²) < 4.78 is 0.